The lowest BCUT2D eigenvalue weighted by Crippen LogP contribution is -2.01. The fraction of sp³-hybridized carbons (Fsp3) is 0.143. The summed E-state index contributed by atoms with van der Waals surface area (Å²) < 4.78 is 6.10. The number of rotatable bonds is 5. The van der Waals surface area contributed by atoms with Crippen LogP contribution in [0.4, 0.5) is 5.69 Å². The van der Waals surface area contributed by atoms with Gasteiger partial charge in [0.25, 0.3) is 5.69 Å². The minimum atomic E-state index is -0.447. The largest absolute Gasteiger partial charge is 0.488 e. The predicted molar refractivity (Wildman–Crippen MR) is 86.1 cm³/mol. The third-order valence-corrected chi connectivity index (χ3v) is 4.38. The van der Waals surface area contributed by atoms with Crippen molar-refractivity contribution in [3.05, 3.63) is 67.1 Å². The van der Waals surface area contributed by atoms with E-state index in [0.29, 0.717) is 26.4 Å². The summed E-state index contributed by atoms with van der Waals surface area (Å²) in [5, 5.41) is 11.4. The van der Waals surface area contributed by atoms with E-state index >= 15 is 0 Å². The predicted octanol–water partition coefficient (Wildman–Crippen LogP) is 5.33. The zero-order valence-corrected chi connectivity index (χ0v) is 13.8. The van der Waals surface area contributed by atoms with Gasteiger partial charge in [-0.25, -0.2) is 0 Å². The second-order valence-corrected chi connectivity index (χ2v) is 5.61. The minimum Gasteiger partial charge on any atom is -0.488 e. The smallest absolute Gasteiger partial charge is 0.283 e. The summed E-state index contributed by atoms with van der Waals surface area (Å²) >= 11 is 15.1. The molecule has 0 aliphatic rings. The maximum Gasteiger partial charge on any atom is 0.283 e. The molecule has 0 spiro atoms. The Bertz CT molecular complexity index is 679. The molecule has 0 amide bonds. The highest BCUT2D eigenvalue weighted by atomic mass is 79.9. The molecule has 0 N–H and O–H groups in total. The summed E-state index contributed by atoms with van der Waals surface area (Å²) in [4.78, 5) is 10.4. The van der Waals surface area contributed by atoms with Crippen molar-refractivity contribution in [2.24, 2.45) is 0 Å². The molecule has 0 aromatic heterocycles. The van der Waals surface area contributed by atoms with Crippen LogP contribution in [0, 0.1) is 10.1 Å². The van der Waals surface area contributed by atoms with Crippen LogP contribution in [0.2, 0.25) is 5.02 Å². The molecule has 0 saturated carbocycles. The Kier molecular flexibility index (Phi) is 5.45. The molecule has 0 saturated heterocycles. The number of halogens is 3. The molecular weight excluding hydrogens is 381 g/mol. The van der Waals surface area contributed by atoms with Crippen molar-refractivity contribution in [1.82, 2.24) is 0 Å². The molecule has 21 heavy (non-hydrogen) atoms. The molecule has 0 bridgehead atoms. The van der Waals surface area contributed by atoms with Gasteiger partial charge in [-0.05, 0) is 28.1 Å². The van der Waals surface area contributed by atoms with Crippen LogP contribution in [-0.2, 0) is 12.5 Å². The zero-order chi connectivity index (χ0) is 15.4. The number of ether oxygens (including phenoxy) is 1. The normalized spacial score (nSPS) is 10.4. The first-order chi connectivity index (χ1) is 10.0. The Morgan fingerprint density at radius 3 is 2.62 bits per heavy atom. The summed E-state index contributed by atoms with van der Waals surface area (Å²) in [5.74, 6) is 0.793. The highest BCUT2D eigenvalue weighted by Crippen LogP contribution is 2.31. The quantitative estimate of drug-likeness (QED) is 0.394. The molecule has 2 aromatic rings. The molecule has 0 radical (unpaired) electrons. The average molecular weight is 391 g/mol. The maximum atomic E-state index is 10.9. The van der Waals surface area contributed by atoms with E-state index in [0.717, 1.165) is 0 Å². The molecule has 4 nitrogen and oxygen atoms in total. The molecule has 0 heterocycles. The van der Waals surface area contributed by atoms with Crippen molar-refractivity contribution in [2.75, 3.05) is 0 Å². The van der Waals surface area contributed by atoms with Crippen molar-refractivity contribution in [3.8, 4) is 5.75 Å². The summed E-state index contributed by atoms with van der Waals surface area (Å²) in [5.41, 5.74) is 1.37. The highest BCUT2D eigenvalue weighted by Gasteiger charge is 2.15. The maximum absolute atomic E-state index is 10.9. The SMILES string of the molecule is O=[N+]([O-])c1cccc(COc2cccc(Cl)c2CCl)c1Br. The van der Waals surface area contributed by atoms with E-state index in [1.807, 2.05) is 0 Å². The Morgan fingerprint density at radius 2 is 1.95 bits per heavy atom. The van der Waals surface area contributed by atoms with E-state index in [4.69, 9.17) is 27.9 Å². The van der Waals surface area contributed by atoms with Crippen LogP contribution in [0.25, 0.3) is 0 Å². The van der Waals surface area contributed by atoms with Crippen molar-refractivity contribution < 1.29 is 9.66 Å². The fourth-order valence-corrected chi connectivity index (χ4v) is 2.88. The van der Waals surface area contributed by atoms with Crippen LogP contribution in [0.1, 0.15) is 11.1 Å². The van der Waals surface area contributed by atoms with Gasteiger partial charge in [0.15, 0.2) is 0 Å². The zero-order valence-electron chi connectivity index (χ0n) is 10.7. The van der Waals surface area contributed by atoms with Gasteiger partial charge in [-0.15, -0.1) is 11.6 Å². The Labute approximate surface area is 139 Å². The minimum absolute atomic E-state index is 0.000221. The van der Waals surface area contributed by atoms with Gasteiger partial charge >= 0.3 is 0 Å². The third-order valence-electron chi connectivity index (χ3n) is 2.85. The van der Waals surface area contributed by atoms with Crippen LogP contribution < -0.4 is 4.74 Å². The van der Waals surface area contributed by atoms with Gasteiger partial charge in [-0.3, -0.25) is 10.1 Å². The second-order valence-electron chi connectivity index (χ2n) is 4.15. The summed E-state index contributed by atoms with van der Waals surface area (Å²) in [7, 11) is 0. The van der Waals surface area contributed by atoms with Gasteiger partial charge in [0.1, 0.15) is 16.8 Å². The lowest BCUT2D eigenvalue weighted by molar-refractivity contribution is -0.385. The molecule has 110 valence electrons. The van der Waals surface area contributed by atoms with E-state index < -0.39 is 4.92 Å². The van der Waals surface area contributed by atoms with Gasteiger partial charge in [-0.2, -0.15) is 0 Å². The monoisotopic (exact) mass is 389 g/mol. The Morgan fingerprint density at radius 1 is 1.24 bits per heavy atom. The first kappa shape index (κ1) is 16.1. The number of nitro benzene ring substituents is 1. The van der Waals surface area contributed by atoms with E-state index in [1.165, 1.54) is 6.07 Å². The number of benzene rings is 2. The van der Waals surface area contributed by atoms with E-state index in [2.05, 4.69) is 15.9 Å². The molecule has 0 unspecified atom stereocenters. The van der Waals surface area contributed by atoms with E-state index in [9.17, 15) is 10.1 Å². The van der Waals surface area contributed by atoms with Crippen molar-refractivity contribution >= 4 is 44.8 Å². The number of nitrogens with zero attached hydrogens (tertiary/aromatic N) is 1. The van der Waals surface area contributed by atoms with E-state index in [1.54, 1.807) is 30.3 Å². The van der Waals surface area contributed by atoms with Crippen molar-refractivity contribution in [1.29, 1.82) is 0 Å². The van der Waals surface area contributed by atoms with Crippen LogP contribution in [0.15, 0.2) is 40.9 Å². The van der Waals surface area contributed by atoms with Crippen LogP contribution in [-0.4, -0.2) is 4.92 Å². The molecule has 2 rings (SSSR count). The van der Waals surface area contributed by atoms with Gasteiger partial charge in [0.2, 0.25) is 0 Å². The highest BCUT2D eigenvalue weighted by molar-refractivity contribution is 9.10. The number of hydrogen-bond acceptors (Lipinski definition) is 3. The number of alkyl halides is 1. The van der Waals surface area contributed by atoms with Crippen molar-refractivity contribution in [3.63, 3.8) is 0 Å². The lowest BCUT2D eigenvalue weighted by atomic mass is 10.2. The summed E-state index contributed by atoms with van der Waals surface area (Å²) in [6.45, 7) is 0.173. The van der Waals surface area contributed by atoms with Gasteiger partial charge in [0, 0.05) is 22.2 Å². The molecule has 7 heteroatoms. The number of nitro groups is 1. The Balaban J connectivity index is 2.23. The van der Waals surface area contributed by atoms with Crippen molar-refractivity contribution in [2.45, 2.75) is 12.5 Å². The summed E-state index contributed by atoms with van der Waals surface area (Å²) in [6.07, 6.45) is 0. The summed E-state index contributed by atoms with van der Waals surface area (Å²) in [6, 6.07) is 10.0. The fourth-order valence-electron chi connectivity index (χ4n) is 1.78. The first-order valence-electron chi connectivity index (χ1n) is 5.92. The lowest BCUT2D eigenvalue weighted by Gasteiger charge is -2.12. The van der Waals surface area contributed by atoms with E-state index in [-0.39, 0.29) is 18.2 Å². The average Bonchev–Trinajstić information content (AvgIpc) is 2.46. The van der Waals surface area contributed by atoms with Crippen LogP contribution >= 0.6 is 39.1 Å². The van der Waals surface area contributed by atoms with Gasteiger partial charge in [0.05, 0.1) is 10.8 Å². The van der Waals surface area contributed by atoms with Gasteiger partial charge in [-0.1, -0.05) is 29.8 Å². The number of hydrogen-bond donors (Lipinski definition) is 0. The first-order valence-corrected chi connectivity index (χ1v) is 7.63. The molecular formula is C14H10BrCl2NO3. The topological polar surface area (TPSA) is 52.4 Å². The molecule has 0 fully saturated rings. The molecule has 0 aliphatic carbocycles. The van der Waals surface area contributed by atoms with Gasteiger partial charge < -0.3 is 4.74 Å². The molecule has 2 aromatic carbocycles. The van der Waals surface area contributed by atoms with Crippen LogP contribution in [0.3, 0.4) is 0 Å². The standard InChI is InChI=1S/C14H10BrCl2NO3/c15-14-9(3-1-5-12(14)18(19)20)8-21-13-6-2-4-11(17)10(13)7-16/h1-6H,7-8H2. The van der Waals surface area contributed by atoms with Crippen LogP contribution in [0.5, 0.6) is 5.75 Å². The third kappa shape index (κ3) is 3.67. The molecule has 0 aliphatic heterocycles. The second kappa shape index (κ2) is 7.11. The molecule has 0 atom stereocenters. The Hall–Kier alpha value is -1.30.